The molecule has 0 aliphatic rings. The Bertz CT molecular complexity index is 842. The first kappa shape index (κ1) is 26.2. The van der Waals surface area contributed by atoms with Crippen molar-refractivity contribution in [3.63, 3.8) is 0 Å². The standard InChI is InChI=1S/C13H17NO3.C10H11NO4/c1-2-6-12(15)9-14-13(16)17-10-11-7-4-3-5-8-11;12-9(13)6-11-10(14)15-7-8-4-2-1-3-5-8/h3-5,7-8H,2,6,9-10H2,1H3,(H,14,16);1-5H,6-7H2,(H,11,14)(H,12,13). The second-order valence-electron chi connectivity index (χ2n) is 6.51. The first-order valence-corrected chi connectivity index (χ1v) is 10.0. The lowest BCUT2D eigenvalue weighted by atomic mass is 10.2. The lowest BCUT2D eigenvalue weighted by molar-refractivity contribution is -0.135. The van der Waals surface area contributed by atoms with Crippen LogP contribution in [0.15, 0.2) is 60.7 Å². The molecule has 2 aromatic rings. The second kappa shape index (κ2) is 15.9. The molecule has 9 nitrogen and oxygen atoms in total. The number of carboxylic acid groups (broad SMARTS) is 1. The molecule has 0 unspecified atom stereocenters. The Balaban J connectivity index is 0.000000323. The van der Waals surface area contributed by atoms with Crippen LogP contribution in [0, 0.1) is 0 Å². The molecule has 9 heteroatoms. The molecular weight excluding hydrogens is 416 g/mol. The summed E-state index contributed by atoms with van der Waals surface area (Å²) in [6.45, 7) is 1.88. The van der Waals surface area contributed by atoms with E-state index in [1.165, 1.54) is 0 Å². The maximum Gasteiger partial charge on any atom is 0.407 e. The average molecular weight is 444 g/mol. The highest BCUT2D eigenvalue weighted by molar-refractivity contribution is 5.83. The number of alkyl carbamates (subject to hydrolysis) is 2. The molecule has 2 rings (SSSR count). The van der Waals surface area contributed by atoms with Gasteiger partial charge in [-0.15, -0.1) is 0 Å². The summed E-state index contributed by atoms with van der Waals surface area (Å²) in [7, 11) is 0. The van der Waals surface area contributed by atoms with E-state index in [2.05, 4.69) is 10.6 Å². The van der Waals surface area contributed by atoms with Gasteiger partial charge in [0, 0.05) is 6.42 Å². The summed E-state index contributed by atoms with van der Waals surface area (Å²) in [6.07, 6.45) is -0.0157. The Labute approximate surface area is 186 Å². The minimum Gasteiger partial charge on any atom is -0.480 e. The number of carboxylic acids is 1. The first-order chi connectivity index (χ1) is 15.4. The van der Waals surface area contributed by atoms with Gasteiger partial charge in [0.2, 0.25) is 0 Å². The third-order valence-electron chi connectivity index (χ3n) is 3.77. The number of aliphatic carboxylic acids is 1. The number of ether oxygens (including phenoxy) is 2. The first-order valence-electron chi connectivity index (χ1n) is 10.0. The molecule has 32 heavy (non-hydrogen) atoms. The van der Waals surface area contributed by atoms with E-state index < -0.39 is 24.7 Å². The lowest BCUT2D eigenvalue weighted by Gasteiger charge is -2.06. The van der Waals surface area contributed by atoms with E-state index in [0.29, 0.717) is 6.42 Å². The van der Waals surface area contributed by atoms with Crippen molar-refractivity contribution in [2.75, 3.05) is 13.1 Å². The van der Waals surface area contributed by atoms with Gasteiger partial charge in [0.25, 0.3) is 0 Å². The maximum absolute atomic E-state index is 11.2. The predicted molar refractivity (Wildman–Crippen MR) is 117 cm³/mol. The van der Waals surface area contributed by atoms with Gasteiger partial charge in [-0.05, 0) is 17.5 Å². The van der Waals surface area contributed by atoms with Crippen LogP contribution in [0.5, 0.6) is 0 Å². The smallest absolute Gasteiger partial charge is 0.407 e. The summed E-state index contributed by atoms with van der Waals surface area (Å²) < 4.78 is 9.72. The van der Waals surface area contributed by atoms with Gasteiger partial charge in [0.1, 0.15) is 19.8 Å². The molecule has 0 aromatic heterocycles. The molecule has 0 aliphatic carbocycles. The Morgan fingerprint density at radius 3 is 1.59 bits per heavy atom. The summed E-state index contributed by atoms with van der Waals surface area (Å²) in [4.78, 5) is 43.4. The highest BCUT2D eigenvalue weighted by Crippen LogP contribution is 2.01. The highest BCUT2D eigenvalue weighted by Gasteiger charge is 2.06. The van der Waals surface area contributed by atoms with Crippen molar-refractivity contribution in [1.29, 1.82) is 0 Å². The van der Waals surface area contributed by atoms with Gasteiger partial charge < -0.3 is 25.2 Å². The fourth-order valence-corrected chi connectivity index (χ4v) is 2.23. The number of rotatable bonds is 10. The molecule has 0 radical (unpaired) electrons. The van der Waals surface area contributed by atoms with E-state index in [-0.39, 0.29) is 25.5 Å². The van der Waals surface area contributed by atoms with E-state index in [1.807, 2.05) is 67.6 Å². The zero-order chi connectivity index (χ0) is 23.6. The van der Waals surface area contributed by atoms with Crippen molar-refractivity contribution in [2.24, 2.45) is 0 Å². The van der Waals surface area contributed by atoms with Gasteiger partial charge in [0.05, 0.1) is 6.54 Å². The van der Waals surface area contributed by atoms with Crippen molar-refractivity contribution >= 4 is 23.9 Å². The van der Waals surface area contributed by atoms with Gasteiger partial charge in [-0.25, -0.2) is 9.59 Å². The maximum atomic E-state index is 11.2. The van der Waals surface area contributed by atoms with Gasteiger partial charge in [-0.3, -0.25) is 9.59 Å². The number of hydrogen-bond donors (Lipinski definition) is 3. The number of Topliss-reactive ketones (excluding diaryl/α,β-unsaturated/α-hetero) is 1. The normalized spacial score (nSPS) is 9.53. The van der Waals surface area contributed by atoms with E-state index in [9.17, 15) is 19.2 Å². The number of carbonyl (C=O) groups is 4. The molecule has 0 saturated carbocycles. The van der Waals surface area contributed by atoms with Crippen LogP contribution in [0.25, 0.3) is 0 Å². The number of ketones is 1. The Morgan fingerprint density at radius 1 is 0.750 bits per heavy atom. The number of hydrogen-bond acceptors (Lipinski definition) is 6. The molecule has 0 atom stereocenters. The summed E-state index contributed by atoms with van der Waals surface area (Å²) in [5, 5.41) is 12.8. The summed E-state index contributed by atoms with van der Waals surface area (Å²) in [6, 6.07) is 18.5. The minimum absolute atomic E-state index is 0.0177. The van der Waals surface area contributed by atoms with E-state index in [4.69, 9.17) is 14.6 Å². The van der Waals surface area contributed by atoms with Crippen LogP contribution in [0.2, 0.25) is 0 Å². The number of carbonyl (C=O) groups excluding carboxylic acids is 3. The van der Waals surface area contributed by atoms with Crippen molar-refractivity contribution in [3.8, 4) is 0 Å². The molecule has 0 aliphatic heterocycles. The monoisotopic (exact) mass is 444 g/mol. The Morgan fingerprint density at radius 2 is 1.19 bits per heavy atom. The van der Waals surface area contributed by atoms with Gasteiger partial charge in [0.15, 0.2) is 5.78 Å². The molecule has 0 spiro atoms. The fourth-order valence-electron chi connectivity index (χ4n) is 2.23. The molecular formula is C23H28N2O7. The highest BCUT2D eigenvalue weighted by atomic mass is 16.6. The van der Waals surface area contributed by atoms with Crippen LogP contribution in [-0.4, -0.2) is 42.1 Å². The SMILES string of the molecule is CCCC(=O)CNC(=O)OCc1ccccc1.O=C(O)CNC(=O)OCc1ccccc1. The van der Waals surface area contributed by atoms with Crippen LogP contribution in [-0.2, 0) is 32.3 Å². The van der Waals surface area contributed by atoms with Crippen LogP contribution in [0.3, 0.4) is 0 Å². The topological polar surface area (TPSA) is 131 Å². The Kier molecular flexibility index (Phi) is 13.0. The quantitative estimate of drug-likeness (QED) is 0.512. The average Bonchev–Trinajstić information content (AvgIpc) is 2.80. The third-order valence-corrected chi connectivity index (χ3v) is 3.77. The van der Waals surface area contributed by atoms with Crippen LogP contribution in [0.1, 0.15) is 30.9 Å². The van der Waals surface area contributed by atoms with Crippen molar-refractivity contribution in [2.45, 2.75) is 33.0 Å². The number of amides is 2. The molecule has 2 amide bonds. The van der Waals surface area contributed by atoms with Gasteiger partial charge in [-0.1, -0.05) is 67.6 Å². The van der Waals surface area contributed by atoms with Gasteiger partial charge >= 0.3 is 18.2 Å². The van der Waals surface area contributed by atoms with Crippen molar-refractivity contribution < 1.29 is 33.8 Å². The zero-order valence-corrected chi connectivity index (χ0v) is 17.9. The minimum atomic E-state index is -1.10. The Hall–Kier alpha value is -3.88. The molecule has 0 heterocycles. The summed E-state index contributed by atoms with van der Waals surface area (Å²) >= 11 is 0. The fraction of sp³-hybridized carbons (Fsp3) is 0.304. The van der Waals surface area contributed by atoms with E-state index in [0.717, 1.165) is 17.5 Å². The lowest BCUT2D eigenvalue weighted by Crippen LogP contribution is -2.29. The van der Waals surface area contributed by atoms with E-state index >= 15 is 0 Å². The van der Waals surface area contributed by atoms with Gasteiger partial charge in [-0.2, -0.15) is 0 Å². The molecule has 172 valence electrons. The second-order valence-corrected chi connectivity index (χ2v) is 6.51. The van der Waals surface area contributed by atoms with Crippen LogP contribution in [0.4, 0.5) is 9.59 Å². The largest absolute Gasteiger partial charge is 0.480 e. The zero-order valence-electron chi connectivity index (χ0n) is 17.9. The molecule has 0 fully saturated rings. The van der Waals surface area contributed by atoms with Crippen molar-refractivity contribution in [1.82, 2.24) is 10.6 Å². The molecule has 2 aromatic carbocycles. The predicted octanol–water partition coefficient (Wildman–Crippen LogP) is 3.28. The van der Waals surface area contributed by atoms with Crippen LogP contribution >= 0.6 is 0 Å². The van der Waals surface area contributed by atoms with E-state index in [1.54, 1.807) is 0 Å². The molecule has 0 saturated heterocycles. The van der Waals surface area contributed by atoms with Crippen molar-refractivity contribution in [3.05, 3.63) is 71.8 Å². The summed E-state index contributed by atoms with van der Waals surface area (Å²) in [5.74, 6) is -1.09. The molecule has 3 N–H and O–H groups in total. The molecule has 0 bridgehead atoms. The number of benzene rings is 2. The van der Waals surface area contributed by atoms with Crippen LogP contribution < -0.4 is 10.6 Å². The summed E-state index contributed by atoms with van der Waals surface area (Å²) in [5.41, 5.74) is 1.77. The number of nitrogens with one attached hydrogen (secondary N) is 2. The third kappa shape index (κ3) is 13.4.